The SMILES string of the molecule is Cn1c(=O)n(C2CCC(=O)NC2=O)c2cccc(NCCCCCCCNC3CC4(CCC4)C3)c21. The third-order valence-electron chi connectivity index (χ3n) is 8.50. The molecule has 2 saturated carbocycles. The van der Waals surface area contributed by atoms with Crippen LogP contribution >= 0.6 is 0 Å². The average Bonchev–Trinajstić information content (AvgIpc) is 3.03. The van der Waals surface area contributed by atoms with Gasteiger partial charge in [0.1, 0.15) is 6.04 Å². The molecule has 2 heterocycles. The number of imidazole rings is 1. The molecule has 1 unspecified atom stereocenters. The summed E-state index contributed by atoms with van der Waals surface area (Å²) in [6, 6.07) is 5.89. The quantitative estimate of drug-likeness (QED) is 0.337. The molecule has 3 N–H and O–H groups in total. The Kier molecular flexibility index (Phi) is 7.00. The minimum absolute atomic E-state index is 0.234. The molecule has 2 aliphatic carbocycles. The molecular weight excluding hydrogens is 442 g/mol. The van der Waals surface area contributed by atoms with E-state index in [1.54, 1.807) is 11.6 Å². The molecule has 5 rings (SSSR count). The second kappa shape index (κ2) is 10.2. The number of carbonyl (C=O) groups is 2. The van der Waals surface area contributed by atoms with Gasteiger partial charge in [-0.25, -0.2) is 4.79 Å². The second-order valence-electron chi connectivity index (χ2n) is 11.0. The van der Waals surface area contributed by atoms with Gasteiger partial charge in [0, 0.05) is 26.1 Å². The maximum Gasteiger partial charge on any atom is 0.329 e. The van der Waals surface area contributed by atoms with Gasteiger partial charge in [-0.05, 0) is 69.0 Å². The van der Waals surface area contributed by atoms with Crippen LogP contribution in [-0.2, 0) is 16.6 Å². The lowest BCUT2D eigenvalue weighted by molar-refractivity contribution is -0.135. The number of amides is 2. The van der Waals surface area contributed by atoms with Crippen LogP contribution in [0.4, 0.5) is 5.69 Å². The Morgan fingerprint density at radius 2 is 1.77 bits per heavy atom. The summed E-state index contributed by atoms with van der Waals surface area (Å²) < 4.78 is 3.13. The van der Waals surface area contributed by atoms with Gasteiger partial charge in [0.2, 0.25) is 11.8 Å². The summed E-state index contributed by atoms with van der Waals surface area (Å²) in [5.74, 6) is -0.683. The molecule has 1 spiro atoms. The molecule has 8 heteroatoms. The first-order valence-electron chi connectivity index (χ1n) is 13.5. The zero-order valence-corrected chi connectivity index (χ0v) is 20.9. The number of fused-ring (bicyclic) bond motifs is 1. The van der Waals surface area contributed by atoms with Gasteiger partial charge < -0.3 is 10.6 Å². The van der Waals surface area contributed by atoms with E-state index < -0.39 is 11.9 Å². The lowest BCUT2D eigenvalue weighted by atomic mass is 9.54. The molecule has 3 aliphatic rings. The van der Waals surface area contributed by atoms with Crippen LogP contribution in [0.1, 0.15) is 83.1 Å². The van der Waals surface area contributed by atoms with E-state index in [2.05, 4.69) is 16.0 Å². The number of hydrogen-bond donors (Lipinski definition) is 3. The topological polar surface area (TPSA) is 97.2 Å². The summed E-state index contributed by atoms with van der Waals surface area (Å²) in [5.41, 5.74) is 2.95. The molecule has 1 aromatic carbocycles. The van der Waals surface area contributed by atoms with E-state index in [1.165, 1.54) is 62.4 Å². The summed E-state index contributed by atoms with van der Waals surface area (Å²) in [7, 11) is 1.74. The Bertz CT molecular complexity index is 1140. The number of nitrogens with one attached hydrogen (secondary N) is 3. The number of aryl methyl sites for hydroxylation is 1. The number of nitrogens with zero attached hydrogens (tertiary/aromatic N) is 2. The lowest BCUT2D eigenvalue weighted by Gasteiger charge is -2.54. The smallest absolute Gasteiger partial charge is 0.329 e. The molecule has 1 aliphatic heterocycles. The van der Waals surface area contributed by atoms with Crippen LogP contribution in [0.2, 0.25) is 0 Å². The number of para-hydroxylation sites is 1. The molecule has 2 amide bonds. The molecule has 1 aromatic heterocycles. The number of imide groups is 1. The van der Waals surface area contributed by atoms with E-state index in [9.17, 15) is 14.4 Å². The van der Waals surface area contributed by atoms with Crippen LogP contribution in [-0.4, -0.2) is 40.1 Å². The van der Waals surface area contributed by atoms with Crippen LogP contribution in [0.25, 0.3) is 11.0 Å². The summed E-state index contributed by atoms with van der Waals surface area (Å²) in [6.07, 6.45) is 13.8. The molecule has 0 radical (unpaired) electrons. The van der Waals surface area contributed by atoms with Crippen LogP contribution in [0, 0.1) is 5.41 Å². The van der Waals surface area contributed by atoms with Crippen molar-refractivity contribution in [2.75, 3.05) is 18.4 Å². The van der Waals surface area contributed by atoms with Crippen LogP contribution in [0.5, 0.6) is 0 Å². The highest BCUT2D eigenvalue weighted by Crippen LogP contribution is 2.55. The average molecular weight is 482 g/mol. The Labute approximate surface area is 206 Å². The Morgan fingerprint density at radius 3 is 2.49 bits per heavy atom. The Balaban J connectivity index is 1.06. The number of hydrogen-bond acceptors (Lipinski definition) is 5. The van der Waals surface area contributed by atoms with Crippen molar-refractivity contribution in [3.63, 3.8) is 0 Å². The standard InChI is InChI=1S/C27H39N5O3/c1-31-24-20(9-7-10-21(24)32(26(31)35)22-11-12-23(33)30-25(22)34)29-16-6-4-2-3-5-15-28-19-17-27(18-19)13-8-14-27/h7,9-10,19,22,28-29H,2-6,8,11-18H2,1H3,(H,30,33,34). The zero-order chi connectivity index (χ0) is 24.4. The number of piperidine rings is 1. The van der Waals surface area contributed by atoms with Gasteiger partial charge in [0.15, 0.2) is 0 Å². The van der Waals surface area contributed by atoms with Gasteiger partial charge in [0.05, 0.1) is 16.7 Å². The van der Waals surface area contributed by atoms with Crippen molar-refractivity contribution >= 4 is 28.5 Å². The minimum Gasteiger partial charge on any atom is -0.383 e. The highest BCUT2D eigenvalue weighted by Gasteiger charge is 2.47. The summed E-state index contributed by atoms with van der Waals surface area (Å²) in [4.78, 5) is 37.0. The number of rotatable bonds is 11. The molecule has 8 nitrogen and oxygen atoms in total. The number of carbonyl (C=O) groups excluding carboxylic acids is 2. The van der Waals surface area contributed by atoms with Crippen molar-refractivity contribution in [1.29, 1.82) is 0 Å². The second-order valence-corrected chi connectivity index (χ2v) is 11.0. The molecule has 1 atom stereocenters. The van der Waals surface area contributed by atoms with Crippen molar-refractivity contribution in [2.45, 2.75) is 89.1 Å². The fraction of sp³-hybridized carbons (Fsp3) is 0.667. The maximum atomic E-state index is 13.0. The van der Waals surface area contributed by atoms with Crippen molar-refractivity contribution in [3.05, 3.63) is 28.7 Å². The predicted molar refractivity (Wildman–Crippen MR) is 137 cm³/mol. The number of aromatic nitrogens is 2. The first-order chi connectivity index (χ1) is 17.0. The fourth-order valence-electron chi connectivity index (χ4n) is 6.34. The number of anilines is 1. The van der Waals surface area contributed by atoms with Crippen LogP contribution < -0.4 is 21.6 Å². The third kappa shape index (κ3) is 4.90. The van der Waals surface area contributed by atoms with E-state index >= 15 is 0 Å². The fourth-order valence-corrected chi connectivity index (χ4v) is 6.34. The predicted octanol–water partition coefficient (Wildman–Crippen LogP) is 3.60. The largest absolute Gasteiger partial charge is 0.383 e. The van der Waals surface area contributed by atoms with Gasteiger partial charge in [0.25, 0.3) is 0 Å². The van der Waals surface area contributed by atoms with E-state index in [0.717, 1.165) is 47.7 Å². The molecule has 1 saturated heterocycles. The van der Waals surface area contributed by atoms with Gasteiger partial charge in [-0.15, -0.1) is 0 Å². The van der Waals surface area contributed by atoms with E-state index in [0.29, 0.717) is 6.42 Å². The lowest BCUT2D eigenvalue weighted by Crippen LogP contribution is -2.52. The molecule has 0 bridgehead atoms. The normalized spacial score (nSPS) is 21.7. The molecule has 3 fully saturated rings. The summed E-state index contributed by atoms with van der Waals surface area (Å²) >= 11 is 0. The monoisotopic (exact) mass is 481 g/mol. The third-order valence-corrected chi connectivity index (χ3v) is 8.50. The van der Waals surface area contributed by atoms with Crippen LogP contribution in [0.15, 0.2) is 23.0 Å². The van der Waals surface area contributed by atoms with Gasteiger partial charge in [-0.2, -0.15) is 0 Å². The van der Waals surface area contributed by atoms with E-state index in [1.807, 2.05) is 18.2 Å². The number of unbranched alkanes of at least 4 members (excludes halogenated alkanes) is 4. The first kappa shape index (κ1) is 24.1. The van der Waals surface area contributed by atoms with Crippen molar-refractivity contribution in [2.24, 2.45) is 12.5 Å². The molecule has 2 aromatic rings. The van der Waals surface area contributed by atoms with Gasteiger partial charge in [-0.3, -0.25) is 24.0 Å². The number of benzene rings is 1. The maximum absolute atomic E-state index is 13.0. The molecule has 190 valence electrons. The summed E-state index contributed by atoms with van der Waals surface area (Å²) in [5, 5.41) is 9.60. The first-order valence-corrected chi connectivity index (χ1v) is 13.5. The van der Waals surface area contributed by atoms with E-state index in [4.69, 9.17) is 0 Å². The van der Waals surface area contributed by atoms with Crippen molar-refractivity contribution in [1.82, 2.24) is 19.8 Å². The van der Waals surface area contributed by atoms with Crippen molar-refractivity contribution < 1.29 is 9.59 Å². The van der Waals surface area contributed by atoms with Gasteiger partial charge >= 0.3 is 5.69 Å². The highest BCUT2D eigenvalue weighted by molar-refractivity contribution is 6.00. The molecular formula is C27H39N5O3. The zero-order valence-electron chi connectivity index (χ0n) is 20.9. The van der Waals surface area contributed by atoms with Gasteiger partial charge in [-0.1, -0.05) is 31.7 Å². The summed E-state index contributed by atoms with van der Waals surface area (Å²) in [6.45, 7) is 2.00. The minimum atomic E-state index is -0.655. The Morgan fingerprint density at radius 1 is 1.03 bits per heavy atom. The van der Waals surface area contributed by atoms with Crippen LogP contribution in [0.3, 0.4) is 0 Å². The molecule has 35 heavy (non-hydrogen) atoms. The van der Waals surface area contributed by atoms with E-state index in [-0.39, 0.29) is 18.0 Å². The Hall–Kier alpha value is -2.61. The highest BCUT2D eigenvalue weighted by atomic mass is 16.2. The van der Waals surface area contributed by atoms with Crippen molar-refractivity contribution in [3.8, 4) is 0 Å².